The molecule has 36 heavy (non-hydrogen) atoms. The molecule has 0 N–H and O–H groups in total. The molecule has 1 aromatic heterocycles. The maximum atomic E-state index is 13.9. The maximum absolute atomic E-state index is 13.9. The molecule has 3 aromatic carbocycles. The molecule has 1 amide bonds. The normalized spacial score (nSPS) is 14.7. The van der Waals surface area contributed by atoms with Gasteiger partial charge in [0, 0.05) is 10.2 Å². The van der Waals surface area contributed by atoms with Crippen LogP contribution in [0.4, 0.5) is 5.69 Å². The van der Waals surface area contributed by atoms with Gasteiger partial charge in [0.25, 0.3) is 5.91 Å². The number of carbonyl (C=O) groups is 1. The van der Waals surface area contributed by atoms with Crippen molar-refractivity contribution in [2.24, 2.45) is 0 Å². The van der Waals surface area contributed by atoms with Crippen LogP contribution < -0.4 is 19.8 Å². The van der Waals surface area contributed by atoms with Gasteiger partial charge in [0.15, 0.2) is 16.9 Å². The molecular weight excluding hydrogens is 522 g/mol. The van der Waals surface area contributed by atoms with E-state index in [0.29, 0.717) is 45.9 Å². The maximum Gasteiger partial charge on any atom is 0.295 e. The first-order chi connectivity index (χ1) is 17.3. The van der Waals surface area contributed by atoms with Crippen molar-refractivity contribution in [3.63, 3.8) is 0 Å². The summed E-state index contributed by atoms with van der Waals surface area (Å²) in [4.78, 5) is 29.3. The SMILES string of the molecule is C=CCOc1ccc(C2c3c(oc4cc(C)c(C)cc4c3=O)C(=O)N2c2ccc(Br)cc2)cc1OC. The van der Waals surface area contributed by atoms with Gasteiger partial charge < -0.3 is 13.9 Å². The second kappa shape index (κ2) is 9.32. The Kier molecular flexibility index (Phi) is 6.18. The number of nitrogens with zero attached hydrogens (tertiary/aromatic N) is 1. The molecule has 1 atom stereocenters. The Labute approximate surface area is 216 Å². The Morgan fingerprint density at radius 3 is 2.44 bits per heavy atom. The second-order valence-corrected chi connectivity index (χ2v) is 9.59. The summed E-state index contributed by atoms with van der Waals surface area (Å²) < 4.78 is 18.3. The summed E-state index contributed by atoms with van der Waals surface area (Å²) in [5.41, 5.74) is 3.78. The van der Waals surface area contributed by atoms with Crippen molar-refractivity contribution in [3.05, 3.63) is 110 Å². The lowest BCUT2D eigenvalue weighted by Gasteiger charge is -2.26. The average Bonchev–Trinajstić information content (AvgIpc) is 3.17. The minimum Gasteiger partial charge on any atom is -0.493 e. The first-order valence-electron chi connectivity index (χ1n) is 11.4. The van der Waals surface area contributed by atoms with Crippen LogP contribution in [0.2, 0.25) is 0 Å². The summed E-state index contributed by atoms with van der Waals surface area (Å²) in [5, 5.41) is 0.449. The highest BCUT2D eigenvalue weighted by Gasteiger charge is 2.44. The molecule has 1 unspecified atom stereocenters. The quantitative estimate of drug-likeness (QED) is 0.259. The molecule has 0 saturated heterocycles. The number of carbonyl (C=O) groups excluding carboxylic acids is 1. The Bertz CT molecular complexity index is 1570. The number of halogens is 1. The summed E-state index contributed by atoms with van der Waals surface area (Å²) in [5.74, 6) is 0.704. The Balaban J connectivity index is 1.77. The molecule has 0 bridgehead atoms. The summed E-state index contributed by atoms with van der Waals surface area (Å²) in [6.07, 6.45) is 1.65. The van der Waals surface area contributed by atoms with Crippen LogP contribution in [0.3, 0.4) is 0 Å². The minimum absolute atomic E-state index is 0.0506. The molecule has 1 aliphatic rings. The highest BCUT2D eigenvalue weighted by atomic mass is 79.9. The summed E-state index contributed by atoms with van der Waals surface area (Å²) >= 11 is 3.45. The van der Waals surface area contributed by atoms with Crippen LogP contribution >= 0.6 is 15.9 Å². The average molecular weight is 546 g/mol. The lowest BCUT2D eigenvalue weighted by molar-refractivity contribution is 0.0971. The van der Waals surface area contributed by atoms with E-state index in [1.54, 1.807) is 30.2 Å². The number of amides is 1. The van der Waals surface area contributed by atoms with Gasteiger partial charge in [0.05, 0.1) is 24.1 Å². The molecule has 4 aromatic rings. The molecule has 0 saturated carbocycles. The molecule has 7 heteroatoms. The zero-order valence-electron chi connectivity index (χ0n) is 20.1. The molecule has 0 aliphatic carbocycles. The van der Waals surface area contributed by atoms with Crippen molar-refractivity contribution >= 4 is 38.5 Å². The highest BCUT2D eigenvalue weighted by Crippen LogP contribution is 2.43. The van der Waals surface area contributed by atoms with Crippen LogP contribution in [-0.4, -0.2) is 19.6 Å². The number of hydrogen-bond donors (Lipinski definition) is 0. The molecule has 0 spiro atoms. The Hall–Kier alpha value is -3.84. The topological polar surface area (TPSA) is 69.0 Å². The summed E-state index contributed by atoms with van der Waals surface area (Å²) in [6.45, 7) is 7.90. The van der Waals surface area contributed by atoms with Gasteiger partial charge in [-0.3, -0.25) is 14.5 Å². The van der Waals surface area contributed by atoms with Gasteiger partial charge in [-0.2, -0.15) is 0 Å². The molecule has 1 aliphatic heterocycles. The van der Waals surface area contributed by atoms with Gasteiger partial charge in [-0.05, 0) is 79.1 Å². The van der Waals surface area contributed by atoms with E-state index < -0.39 is 6.04 Å². The lowest BCUT2D eigenvalue weighted by atomic mass is 9.97. The van der Waals surface area contributed by atoms with Gasteiger partial charge in [-0.25, -0.2) is 0 Å². The predicted molar refractivity (Wildman–Crippen MR) is 143 cm³/mol. The van der Waals surface area contributed by atoms with Crippen LogP contribution in [0.25, 0.3) is 11.0 Å². The molecule has 5 rings (SSSR count). The lowest BCUT2D eigenvalue weighted by Crippen LogP contribution is -2.29. The summed E-state index contributed by atoms with van der Waals surface area (Å²) in [6, 6.07) is 15.7. The van der Waals surface area contributed by atoms with Crippen LogP contribution in [0.15, 0.2) is 80.9 Å². The fourth-order valence-corrected chi connectivity index (χ4v) is 4.80. The van der Waals surface area contributed by atoms with Crippen LogP contribution in [0, 0.1) is 13.8 Å². The van der Waals surface area contributed by atoms with Gasteiger partial charge in [0.1, 0.15) is 12.2 Å². The first-order valence-corrected chi connectivity index (χ1v) is 12.2. The molecule has 0 fully saturated rings. The summed E-state index contributed by atoms with van der Waals surface area (Å²) in [7, 11) is 1.55. The standard InChI is InChI=1S/C29H24BrNO5/c1-5-12-35-22-11-6-18(15-24(22)34-4)26-25-27(32)21-13-16(2)17(3)14-23(21)36-28(25)29(33)31(26)20-9-7-19(30)8-10-20/h5-11,13-15,26H,1,12H2,2-4H3. The predicted octanol–water partition coefficient (Wildman–Crippen LogP) is 6.50. The van der Waals surface area contributed by atoms with Crippen LogP contribution in [-0.2, 0) is 0 Å². The van der Waals surface area contributed by atoms with E-state index in [2.05, 4.69) is 22.5 Å². The van der Waals surface area contributed by atoms with E-state index in [0.717, 1.165) is 15.6 Å². The van der Waals surface area contributed by atoms with Gasteiger partial charge in [-0.1, -0.05) is 34.7 Å². The van der Waals surface area contributed by atoms with E-state index in [1.165, 1.54) is 0 Å². The van der Waals surface area contributed by atoms with Gasteiger partial charge in [0.2, 0.25) is 5.76 Å². The molecule has 0 radical (unpaired) electrons. The molecule has 2 heterocycles. The highest BCUT2D eigenvalue weighted by molar-refractivity contribution is 9.10. The number of anilines is 1. The molecule has 182 valence electrons. The monoisotopic (exact) mass is 545 g/mol. The fraction of sp³-hybridized carbons (Fsp3) is 0.172. The van der Waals surface area contributed by atoms with Crippen LogP contribution in [0.5, 0.6) is 11.5 Å². The number of aryl methyl sites for hydroxylation is 2. The van der Waals surface area contributed by atoms with Crippen molar-refractivity contribution < 1.29 is 18.7 Å². The number of benzene rings is 3. The Morgan fingerprint density at radius 2 is 1.75 bits per heavy atom. The van der Waals surface area contributed by atoms with Crippen molar-refractivity contribution in [1.82, 2.24) is 0 Å². The fourth-order valence-electron chi connectivity index (χ4n) is 4.53. The van der Waals surface area contributed by atoms with Crippen molar-refractivity contribution in [2.75, 3.05) is 18.6 Å². The zero-order valence-corrected chi connectivity index (χ0v) is 21.7. The number of hydrogen-bond acceptors (Lipinski definition) is 5. The van der Waals surface area contributed by atoms with E-state index in [1.807, 2.05) is 56.3 Å². The van der Waals surface area contributed by atoms with Crippen molar-refractivity contribution in [2.45, 2.75) is 19.9 Å². The van der Waals surface area contributed by atoms with E-state index in [9.17, 15) is 9.59 Å². The van der Waals surface area contributed by atoms with Gasteiger partial charge in [-0.15, -0.1) is 0 Å². The minimum atomic E-state index is -0.710. The van der Waals surface area contributed by atoms with Gasteiger partial charge >= 0.3 is 0 Å². The van der Waals surface area contributed by atoms with E-state index in [4.69, 9.17) is 13.9 Å². The largest absolute Gasteiger partial charge is 0.493 e. The Morgan fingerprint density at radius 1 is 1.03 bits per heavy atom. The van der Waals surface area contributed by atoms with Crippen molar-refractivity contribution in [3.8, 4) is 11.5 Å². The number of ether oxygens (including phenoxy) is 2. The van der Waals surface area contributed by atoms with E-state index >= 15 is 0 Å². The molecule has 6 nitrogen and oxygen atoms in total. The van der Waals surface area contributed by atoms with E-state index in [-0.39, 0.29) is 17.1 Å². The van der Waals surface area contributed by atoms with Crippen LogP contribution in [0.1, 0.15) is 38.9 Å². The third-order valence-corrected chi connectivity index (χ3v) is 6.98. The van der Waals surface area contributed by atoms with Crippen molar-refractivity contribution in [1.29, 1.82) is 0 Å². The third kappa shape index (κ3) is 3.89. The zero-order chi connectivity index (χ0) is 25.6. The number of fused-ring (bicyclic) bond motifs is 2. The number of methoxy groups -OCH3 is 1. The first kappa shape index (κ1) is 23.9. The second-order valence-electron chi connectivity index (χ2n) is 8.67. The molecular formula is C29H24BrNO5. The smallest absolute Gasteiger partial charge is 0.295 e. The third-order valence-electron chi connectivity index (χ3n) is 6.45. The number of rotatable bonds is 6.